The summed E-state index contributed by atoms with van der Waals surface area (Å²) in [5, 5.41) is 10.7. The van der Waals surface area contributed by atoms with E-state index in [1.807, 2.05) is 6.92 Å². The fraction of sp³-hybridized carbons (Fsp3) is 0.800. The van der Waals surface area contributed by atoms with Crippen molar-refractivity contribution in [2.75, 3.05) is 0 Å². The van der Waals surface area contributed by atoms with Gasteiger partial charge < -0.3 is 9.84 Å². The van der Waals surface area contributed by atoms with Gasteiger partial charge in [-0.15, -0.1) is 0 Å². The van der Waals surface area contributed by atoms with Gasteiger partial charge in [0.05, 0.1) is 17.8 Å². The van der Waals surface area contributed by atoms with E-state index in [4.69, 9.17) is 4.74 Å². The number of fused-ring (bicyclic) bond motifs is 5. The van der Waals surface area contributed by atoms with Crippen molar-refractivity contribution in [2.45, 2.75) is 77.1 Å². The summed E-state index contributed by atoms with van der Waals surface area (Å²) in [5.41, 5.74) is 1.97. The van der Waals surface area contributed by atoms with Crippen molar-refractivity contribution in [3.05, 3.63) is 24.3 Å². The maximum atomic E-state index is 10.7. The van der Waals surface area contributed by atoms with E-state index in [-0.39, 0.29) is 12.2 Å². The van der Waals surface area contributed by atoms with Crippen molar-refractivity contribution < 1.29 is 9.84 Å². The second kappa shape index (κ2) is 5.79. The lowest BCUT2D eigenvalue weighted by Crippen LogP contribution is -2.40. The quantitative estimate of drug-likeness (QED) is 0.723. The molecule has 3 rings (SSSR count). The van der Waals surface area contributed by atoms with Crippen molar-refractivity contribution >= 4 is 0 Å². The molecule has 1 N–H and O–H groups in total. The van der Waals surface area contributed by atoms with Crippen LogP contribution in [-0.2, 0) is 4.74 Å². The Bertz CT molecular complexity index is 462. The molecule has 3 aliphatic rings. The van der Waals surface area contributed by atoms with Crippen LogP contribution in [0, 0.1) is 23.7 Å². The molecular weight excluding hydrogens is 272 g/mol. The van der Waals surface area contributed by atoms with E-state index < -0.39 is 5.60 Å². The van der Waals surface area contributed by atoms with Gasteiger partial charge in [-0.2, -0.15) is 0 Å². The molecule has 0 aromatic heterocycles. The zero-order valence-electron chi connectivity index (χ0n) is 14.5. The zero-order chi connectivity index (χ0) is 16.1. The van der Waals surface area contributed by atoms with Crippen LogP contribution in [0.5, 0.6) is 0 Å². The first-order valence-corrected chi connectivity index (χ1v) is 9.03. The molecule has 1 saturated carbocycles. The summed E-state index contributed by atoms with van der Waals surface area (Å²) in [6, 6.07) is 0. The molecule has 6 atom stereocenters. The molecule has 3 fully saturated rings. The fourth-order valence-electron chi connectivity index (χ4n) is 5.23. The van der Waals surface area contributed by atoms with Gasteiger partial charge in [0.25, 0.3) is 0 Å². The highest BCUT2D eigenvalue weighted by molar-refractivity contribution is 5.22. The van der Waals surface area contributed by atoms with Crippen LogP contribution in [0.2, 0.25) is 0 Å². The third-order valence-electron chi connectivity index (χ3n) is 6.36. The highest BCUT2D eigenvalue weighted by Crippen LogP contribution is 2.54. The molecule has 2 bridgehead atoms. The first-order valence-electron chi connectivity index (χ1n) is 9.03. The maximum Gasteiger partial charge on any atom is 0.0824 e. The van der Waals surface area contributed by atoms with Crippen molar-refractivity contribution in [3.8, 4) is 0 Å². The highest BCUT2D eigenvalue weighted by Gasteiger charge is 2.53. The Hall–Kier alpha value is -0.600. The van der Waals surface area contributed by atoms with Crippen molar-refractivity contribution in [2.24, 2.45) is 23.7 Å². The van der Waals surface area contributed by atoms with Gasteiger partial charge in [-0.05, 0) is 56.4 Å². The lowest BCUT2D eigenvalue weighted by Gasteiger charge is -2.41. The van der Waals surface area contributed by atoms with Crippen LogP contribution in [0.3, 0.4) is 0 Å². The minimum Gasteiger partial charge on any atom is -0.390 e. The monoisotopic (exact) mass is 304 g/mol. The van der Waals surface area contributed by atoms with Crippen LogP contribution in [0.25, 0.3) is 0 Å². The molecule has 2 saturated heterocycles. The van der Waals surface area contributed by atoms with Crippen LogP contribution in [-0.4, -0.2) is 22.9 Å². The molecule has 0 aromatic carbocycles. The molecule has 22 heavy (non-hydrogen) atoms. The van der Waals surface area contributed by atoms with Gasteiger partial charge in [-0.25, -0.2) is 0 Å². The lowest BCUT2D eigenvalue weighted by atomic mass is 9.62. The average Bonchev–Trinajstić information content (AvgIpc) is 2.79. The molecule has 1 aliphatic carbocycles. The van der Waals surface area contributed by atoms with Crippen LogP contribution in [0.4, 0.5) is 0 Å². The Morgan fingerprint density at radius 1 is 1.23 bits per heavy atom. The number of hydrogen-bond acceptors (Lipinski definition) is 2. The Morgan fingerprint density at radius 3 is 2.64 bits per heavy atom. The molecule has 124 valence electrons. The zero-order valence-corrected chi connectivity index (χ0v) is 14.5. The topological polar surface area (TPSA) is 29.5 Å². The van der Waals surface area contributed by atoms with E-state index in [1.165, 1.54) is 17.6 Å². The lowest BCUT2D eigenvalue weighted by molar-refractivity contribution is -0.0279. The van der Waals surface area contributed by atoms with Crippen molar-refractivity contribution in [1.29, 1.82) is 0 Å². The number of aliphatic hydroxyl groups is 1. The van der Waals surface area contributed by atoms with Gasteiger partial charge in [-0.1, -0.05) is 32.6 Å². The third-order valence-corrected chi connectivity index (χ3v) is 6.36. The molecule has 0 amide bonds. The SMILES string of the molecule is C=C1CC[C@H](C(C)C)[C@@H]2[C@H]1[C@@H]1C[C@@](C)(O)CCCC(=C)[C@H]2O1. The van der Waals surface area contributed by atoms with Gasteiger partial charge in [0.2, 0.25) is 0 Å². The standard InChI is InChI=1S/C20H32O2/c1-12(2)15-9-8-13(3)17-16-11-20(5,21)10-6-7-14(4)19(22-16)18(15)17/h12,15-19,21H,3-4,6-11H2,1-2,5H3/t15-,16+,17-,18-,19-,20+/m1/s1. The minimum absolute atomic E-state index is 0.119. The maximum absolute atomic E-state index is 10.7. The summed E-state index contributed by atoms with van der Waals surface area (Å²) < 4.78 is 6.51. The van der Waals surface area contributed by atoms with Gasteiger partial charge in [0, 0.05) is 18.3 Å². The Morgan fingerprint density at radius 2 is 1.95 bits per heavy atom. The summed E-state index contributed by atoms with van der Waals surface area (Å²) in [7, 11) is 0. The van der Waals surface area contributed by atoms with E-state index >= 15 is 0 Å². The number of rotatable bonds is 1. The average molecular weight is 304 g/mol. The number of ether oxygens (including phenoxy) is 1. The van der Waals surface area contributed by atoms with Crippen molar-refractivity contribution in [1.82, 2.24) is 0 Å². The summed E-state index contributed by atoms with van der Waals surface area (Å²) in [4.78, 5) is 0. The summed E-state index contributed by atoms with van der Waals surface area (Å²) >= 11 is 0. The molecule has 2 nitrogen and oxygen atoms in total. The minimum atomic E-state index is -0.625. The molecule has 0 spiro atoms. The first kappa shape index (κ1) is 16.3. The first-order chi connectivity index (χ1) is 10.3. The van der Waals surface area contributed by atoms with E-state index in [0.29, 0.717) is 23.7 Å². The summed E-state index contributed by atoms with van der Waals surface area (Å²) in [6.07, 6.45) is 6.22. The van der Waals surface area contributed by atoms with Crippen LogP contribution < -0.4 is 0 Å². The Kier molecular flexibility index (Phi) is 4.28. The third kappa shape index (κ3) is 2.80. The van der Waals surface area contributed by atoms with Gasteiger partial charge in [-0.3, -0.25) is 0 Å². The smallest absolute Gasteiger partial charge is 0.0824 e. The highest BCUT2D eigenvalue weighted by atomic mass is 16.5. The largest absolute Gasteiger partial charge is 0.390 e. The number of hydrogen-bond donors (Lipinski definition) is 1. The van der Waals surface area contributed by atoms with Gasteiger partial charge >= 0.3 is 0 Å². The molecule has 2 heterocycles. The summed E-state index contributed by atoms with van der Waals surface area (Å²) in [5.74, 6) is 2.29. The Labute approximate surface area is 135 Å². The normalized spacial score (nSPS) is 46.1. The fourth-order valence-corrected chi connectivity index (χ4v) is 5.23. The van der Waals surface area contributed by atoms with Gasteiger partial charge in [0.15, 0.2) is 0 Å². The van der Waals surface area contributed by atoms with E-state index in [1.54, 1.807) is 0 Å². The molecule has 0 radical (unpaired) electrons. The Balaban J connectivity index is 1.97. The summed E-state index contributed by atoms with van der Waals surface area (Å²) in [6.45, 7) is 15.4. The van der Waals surface area contributed by atoms with Crippen LogP contribution in [0.1, 0.15) is 59.3 Å². The second-order valence-corrected chi connectivity index (χ2v) is 8.52. The molecule has 0 aromatic rings. The molecule has 2 heteroatoms. The predicted octanol–water partition coefficient (Wildman–Crippen LogP) is 4.49. The molecule has 0 unspecified atom stereocenters. The predicted molar refractivity (Wildman–Crippen MR) is 90.6 cm³/mol. The second-order valence-electron chi connectivity index (χ2n) is 8.52. The van der Waals surface area contributed by atoms with E-state index in [2.05, 4.69) is 27.0 Å². The van der Waals surface area contributed by atoms with Gasteiger partial charge in [0.1, 0.15) is 0 Å². The van der Waals surface area contributed by atoms with Crippen LogP contribution >= 0.6 is 0 Å². The molecule has 2 aliphatic heterocycles. The van der Waals surface area contributed by atoms with Crippen LogP contribution in [0.15, 0.2) is 24.3 Å². The molecular formula is C20H32O2. The van der Waals surface area contributed by atoms with E-state index in [9.17, 15) is 5.11 Å². The van der Waals surface area contributed by atoms with Crippen molar-refractivity contribution in [3.63, 3.8) is 0 Å². The van der Waals surface area contributed by atoms with E-state index in [0.717, 1.165) is 32.1 Å².